The van der Waals surface area contributed by atoms with E-state index >= 15 is 0 Å². The number of phenols is 2. The van der Waals surface area contributed by atoms with Gasteiger partial charge in [0, 0.05) is 11.1 Å². The van der Waals surface area contributed by atoms with E-state index in [0.29, 0.717) is 23.1 Å². The molecular formula is C18H20O5. The minimum atomic E-state index is -1.33. The molecule has 0 fully saturated rings. The molecule has 0 radical (unpaired) electrons. The van der Waals surface area contributed by atoms with E-state index in [0.717, 1.165) is 5.56 Å². The minimum absolute atomic E-state index is 0.0116. The number of aliphatic hydroxyl groups excluding tert-OH is 3. The maximum atomic E-state index is 10.1. The van der Waals surface area contributed by atoms with Crippen LogP contribution in [0.4, 0.5) is 0 Å². The first kappa shape index (κ1) is 17.0. The van der Waals surface area contributed by atoms with Gasteiger partial charge in [-0.1, -0.05) is 18.2 Å². The molecule has 0 aromatic heterocycles. The molecule has 5 nitrogen and oxygen atoms in total. The highest BCUT2D eigenvalue weighted by atomic mass is 16.4. The Morgan fingerprint density at radius 2 is 1.57 bits per heavy atom. The topological polar surface area (TPSA) is 101 Å². The Morgan fingerprint density at radius 3 is 2.17 bits per heavy atom. The summed E-state index contributed by atoms with van der Waals surface area (Å²) in [6.07, 6.45) is -0.279. The fraction of sp³-hybridized carbons (Fsp3) is 0.222. The molecule has 0 saturated carbocycles. The lowest BCUT2D eigenvalue weighted by atomic mass is 9.95. The molecule has 5 N–H and O–H groups in total. The summed E-state index contributed by atoms with van der Waals surface area (Å²) in [4.78, 5) is 0. The molecule has 2 rings (SSSR count). The predicted octanol–water partition coefficient (Wildman–Crippen LogP) is 1.88. The van der Waals surface area contributed by atoms with Crippen LogP contribution in [0.3, 0.4) is 0 Å². The van der Waals surface area contributed by atoms with Crippen LogP contribution in [-0.2, 0) is 6.42 Å². The van der Waals surface area contributed by atoms with Crippen LogP contribution in [0.15, 0.2) is 49.1 Å². The van der Waals surface area contributed by atoms with E-state index in [4.69, 9.17) is 5.11 Å². The summed E-state index contributed by atoms with van der Waals surface area (Å²) in [6, 6.07) is 9.31. The highest BCUT2D eigenvalue weighted by Crippen LogP contribution is 2.38. The monoisotopic (exact) mass is 316 g/mol. The van der Waals surface area contributed by atoms with Crippen LogP contribution >= 0.6 is 0 Å². The predicted molar refractivity (Wildman–Crippen MR) is 87.2 cm³/mol. The van der Waals surface area contributed by atoms with Crippen molar-refractivity contribution in [2.75, 3.05) is 6.61 Å². The molecule has 23 heavy (non-hydrogen) atoms. The molecule has 0 aliphatic rings. The summed E-state index contributed by atoms with van der Waals surface area (Å²) < 4.78 is 0. The molecule has 0 amide bonds. The number of hydrogen-bond acceptors (Lipinski definition) is 5. The van der Waals surface area contributed by atoms with Crippen molar-refractivity contribution in [2.45, 2.75) is 18.6 Å². The van der Waals surface area contributed by atoms with Crippen molar-refractivity contribution in [2.24, 2.45) is 0 Å². The van der Waals surface area contributed by atoms with Gasteiger partial charge in [0.1, 0.15) is 23.7 Å². The molecule has 0 saturated heterocycles. The molecule has 0 heterocycles. The average molecular weight is 316 g/mol. The van der Waals surface area contributed by atoms with Crippen molar-refractivity contribution in [3.05, 3.63) is 60.2 Å². The second kappa shape index (κ2) is 7.28. The lowest BCUT2D eigenvalue weighted by molar-refractivity contribution is -0.0152. The van der Waals surface area contributed by atoms with Gasteiger partial charge in [-0.15, -0.1) is 6.58 Å². The lowest BCUT2D eigenvalue weighted by Crippen LogP contribution is -2.22. The Kier molecular flexibility index (Phi) is 5.39. The zero-order valence-electron chi connectivity index (χ0n) is 12.6. The van der Waals surface area contributed by atoms with Gasteiger partial charge in [0.15, 0.2) is 0 Å². The first-order valence-electron chi connectivity index (χ1n) is 7.21. The maximum absolute atomic E-state index is 10.1. The van der Waals surface area contributed by atoms with Gasteiger partial charge >= 0.3 is 0 Å². The SMILES string of the molecule is C=CCc1ccc(O)c(-c2cc([C@H](O)[C@@H](O)CO)ccc2O)c1. The summed E-state index contributed by atoms with van der Waals surface area (Å²) >= 11 is 0. The Morgan fingerprint density at radius 1 is 0.957 bits per heavy atom. The van der Waals surface area contributed by atoms with Gasteiger partial charge in [0.2, 0.25) is 0 Å². The van der Waals surface area contributed by atoms with E-state index in [1.165, 1.54) is 24.3 Å². The quantitative estimate of drug-likeness (QED) is 0.524. The zero-order chi connectivity index (χ0) is 17.0. The van der Waals surface area contributed by atoms with Crippen molar-refractivity contribution in [1.29, 1.82) is 0 Å². The third-order valence-electron chi connectivity index (χ3n) is 3.64. The van der Waals surface area contributed by atoms with E-state index in [2.05, 4.69) is 6.58 Å². The first-order valence-corrected chi connectivity index (χ1v) is 7.21. The molecule has 0 spiro atoms. The zero-order valence-corrected chi connectivity index (χ0v) is 12.6. The molecule has 2 aromatic rings. The second-order valence-electron chi connectivity index (χ2n) is 5.32. The van der Waals surface area contributed by atoms with E-state index in [1.807, 2.05) is 0 Å². The van der Waals surface area contributed by atoms with Crippen LogP contribution in [0.5, 0.6) is 11.5 Å². The largest absolute Gasteiger partial charge is 0.507 e. The van der Waals surface area contributed by atoms with Crippen LogP contribution in [0, 0.1) is 0 Å². The molecule has 0 unspecified atom stereocenters. The molecule has 0 aliphatic heterocycles. The number of benzene rings is 2. The van der Waals surface area contributed by atoms with Crippen LogP contribution in [0.2, 0.25) is 0 Å². The Hall–Kier alpha value is -2.34. The number of aliphatic hydroxyl groups is 3. The molecule has 5 heteroatoms. The summed E-state index contributed by atoms with van der Waals surface area (Å²) in [6.45, 7) is 3.08. The van der Waals surface area contributed by atoms with Crippen molar-refractivity contribution < 1.29 is 25.5 Å². The molecule has 0 aliphatic carbocycles. The number of hydrogen-bond donors (Lipinski definition) is 5. The fourth-order valence-electron chi connectivity index (χ4n) is 2.37. The van der Waals surface area contributed by atoms with Crippen LogP contribution in [0.1, 0.15) is 17.2 Å². The van der Waals surface area contributed by atoms with Crippen LogP contribution < -0.4 is 0 Å². The van der Waals surface area contributed by atoms with Crippen LogP contribution in [0.25, 0.3) is 11.1 Å². The molecular weight excluding hydrogens is 296 g/mol. The van der Waals surface area contributed by atoms with Gasteiger partial charge in [-0.05, 0) is 41.8 Å². The minimum Gasteiger partial charge on any atom is -0.507 e. The van der Waals surface area contributed by atoms with E-state index < -0.39 is 18.8 Å². The van der Waals surface area contributed by atoms with E-state index in [9.17, 15) is 20.4 Å². The van der Waals surface area contributed by atoms with Gasteiger partial charge < -0.3 is 25.5 Å². The summed E-state index contributed by atoms with van der Waals surface area (Å²) in [7, 11) is 0. The number of rotatable bonds is 6. The van der Waals surface area contributed by atoms with Crippen LogP contribution in [-0.4, -0.2) is 38.2 Å². The Bertz CT molecular complexity index is 696. The molecule has 2 aromatic carbocycles. The summed E-state index contributed by atoms with van der Waals surface area (Å²) in [5.41, 5.74) is 1.98. The second-order valence-corrected chi connectivity index (χ2v) is 5.32. The van der Waals surface area contributed by atoms with Gasteiger partial charge in [-0.3, -0.25) is 0 Å². The van der Waals surface area contributed by atoms with Crippen molar-refractivity contribution in [3.8, 4) is 22.6 Å². The summed E-state index contributed by atoms with van der Waals surface area (Å²) in [5.74, 6) is -0.0760. The van der Waals surface area contributed by atoms with Gasteiger partial charge in [-0.2, -0.15) is 0 Å². The molecule has 2 atom stereocenters. The molecule has 0 bridgehead atoms. The van der Waals surface area contributed by atoms with Gasteiger partial charge in [0.05, 0.1) is 6.61 Å². The van der Waals surface area contributed by atoms with Crippen molar-refractivity contribution in [1.82, 2.24) is 0 Å². The number of allylic oxidation sites excluding steroid dienone is 1. The van der Waals surface area contributed by atoms with E-state index in [1.54, 1.807) is 18.2 Å². The van der Waals surface area contributed by atoms with Crippen molar-refractivity contribution in [3.63, 3.8) is 0 Å². The standard InChI is InChI=1S/C18H20O5/c1-2-3-11-4-6-15(20)13(8-11)14-9-12(5-7-16(14)21)18(23)17(22)10-19/h2,4-9,17-23H,1,3,10H2/t17-,18-/m0/s1. The Balaban J connectivity index is 2.50. The average Bonchev–Trinajstić information content (AvgIpc) is 2.56. The highest BCUT2D eigenvalue weighted by Gasteiger charge is 2.20. The first-order chi connectivity index (χ1) is 11.0. The lowest BCUT2D eigenvalue weighted by Gasteiger charge is -2.18. The van der Waals surface area contributed by atoms with Gasteiger partial charge in [-0.25, -0.2) is 0 Å². The van der Waals surface area contributed by atoms with Gasteiger partial charge in [0.25, 0.3) is 0 Å². The third kappa shape index (κ3) is 3.71. The maximum Gasteiger partial charge on any atom is 0.123 e. The number of phenolic OH excluding ortho intramolecular Hbond substituents is 2. The summed E-state index contributed by atoms with van der Waals surface area (Å²) in [5, 5.41) is 48.7. The molecule has 122 valence electrons. The van der Waals surface area contributed by atoms with Crippen molar-refractivity contribution >= 4 is 0 Å². The van der Waals surface area contributed by atoms with E-state index in [-0.39, 0.29) is 11.5 Å². The smallest absolute Gasteiger partial charge is 0.123 e. The number of aromatic hydroxyl groups is 2. The third-order valence-corrected chi connectivity index (χ3v) is 3.64. The normalized spacial score (nSPS) is 13.5. The Labute approximate surface area is 134 Å². The fourth-order valence-corrected chi connectivity index (χ4v) is 2.37. The highest BCUT2D eigenvalue weighted by molar-refractivity contribution is 5.76.